The molecule has 0 spiro atoms. The Bertz CT molecular complexity index is 959. The summed E-state index contributed by atoms with van der Waals surface area (Å²) in [7, 11) is 0. The van der Waals surface area contributed by atoms with E-state index in [1.807, 2.05) is 18.2 Å². The molecule has 0 saturated carbocycles. The van der Waals surface area contributed by atoms with E-state index in [0.717, 1.165) is 18.6 Å². The first-order chi connectivity index (χ1) is 16.0. The van der Waals surface area contributed by atoms with Gasteiger partial charge < -0.3 is 20.3 Å². The number of carboxylic acid groups (broad SMARTS) is 1. The summed E-state index contributed by atoms with van der Waals surface area (Å²) < 4.78 is 5.85. The highest BCUT2D eigenvalue weighted by Gasteiger charge is 2.31. The average Bonchev–Trinajstić information content (AvgIpc) is 2.80. The lowest BCUT2D eigenvalue weighted by atomic mass is 9.69. The Morgan fingerprint density at radius 3 is 2.45 bits per heavy atom. The number of ether oxygens (including phenoxy) is 1. The van der Waals surface area contributed by atoms with Gasteiger partial charge in [0.15, 0.2) is 0 Å². The molecule has 0 heterocycles. The number of nitrogens with one attached hydrogen (secondary N) is 1. The lowest BCUT2D eigenvalue weighted by Gasteiger charge is -2.35. The summed E-state index contributed by atoms with van der Waals surface area (Å²) in [6.07, 6.45) is 4.71. The van der Waals surface area contributed by atoms with Gasteiger partial charge in [0.2, 0.25) is 0 Å². The second-order valence-corrected chi connectivity index (χ2v) is 8.69. The van der Waals surface area contributed by atoms with E-state index in [9.17, 15) is 9.90 Å². The minimum absolute atomic E-state index is 0.184. The van der Waals surface area contributed by atoms with E-state index in [1.54, 1.807) is 6.92 Å². The number of hydrogen-bond donors (Lipinski definition) is 3. The Morgan fingerprint density at radius 1 is 1.06 bits per heavy atom. The Kier molecular flexibility index (Phi) is 9.14. The van der Waals surface area contributed by atoms with Crippen LogP contribution in [0, 0.1) is 0 Å². The molecule has 5 nitrogen and oxygen atoms in total. The molecule has 3 N–H and O–H groups in total. The van der Waals surface area contributed by atoms with Gasteiger partial charge >= 0.3 is 5.97 Å². The molecule has 0 fully saturated rings. The minimum Gasteiger partial charge on any atom is -0.513 e. The second kappa shape index (κ2) is 12.3. The molecule has 2 atom stereocenters. The summed E-state index contributed by atoms with van der Waals surface area (Å²) in [5.74, 6) is 1.05. The third-order valence-corrected chi connectivity index (χ3v) is 6.24. The smallest absolute Gasteiger partial charge is 0.303 e. The summed E-state index contributed by atoms with van der Waals surface area (Å²) in [4.78, 5) is 10.5. The van der Waals surface area contributed by atoms with Crippen LogP contribution in [0.3, 0.4) is 0 Å². The number of aliphatic hydroxyl groups excluding tert-OH is 1. The number of aliphatic hydroxyl groups is 1. The third-order valence-electron chi connectivity index (χ3n) is 6.24. The molecule has 0 bridgehead atoms. The minimum atomic E-state index is -0.764. The molecular weight excluding hydrogens is 414 g/mol. The van der Waals surface area contributed by atoms with E-state index in [4.69, 9.17) is 9.84 Å². The van der Waals surface area contributed by atoms with Crippen LogP contribution in [0.4, 0.5) is 0 Å². The lowest BCUT2D eigenvalue weighted by Crippen LogP contribution is -2.22. The number of carbonyl (C=O) groups is 1. The van der Waals surface area contributed by atoms with Gasteiger partial charge in [0, 0.05) is 18.9 Å². The molecule has 2 aromatic rings. The van der Waals surface area contributed by atoms with E-state index >= 15 is 0 Å². The molecule has 0 amide bonds. The maximum absolute atomic E-state index is 10.5. The summed E-state index contributed by atoms with van der Waals surface area (Å²) in [5, 5.41) is 21.7. The SMILES string of the molecule is CC1=C(/C=C(\C)O)CC[C@H](c2ccccc2)[C@@H]1c1ccc(OCCNCCCC(=O)O)cc1. The van der Waals surface area contributed by atoms with Gasteiger partial charge in [0.1, 0.15) is 12.4 Å². The van der Waals surface area contributed by atoms with Crippen molar-refractivity contribution in [3.8, 4) is 5.75 Å². The van der Waals surface area contributed by atoms with Crippen molar-refractivity contribution in [2.24, 2.45) is 0 Å². The van der Waals surface area contributed by atoms with Gasteiger partial charge in [-0.3, -0.25) is 4.79 Å². The van der Waals surface area contributed by atoms with E-state index in [0.29, 0.717) is 37.8 Å². The van der Waals surface area contributed by atoms with Gasteiger partial charge in [-0.2, -0.15) is 0 Å². The van der Waals surface area contributed by atoms with Crippen LogP contribution in [0.5, 0.6) is 5.75 Å². The maximum atomic E-state index is 10.5. The number of allylic oxidation sites excluding steroid dienone is 4. The highest BCUT2D eigenvalue weighted by Crippen LogP contribution is 2.47. The van der Waals surface area contributed by atoms with Crippen molar-refractivity contribution in [3.05, 3.63) is 88.7 Å². The quantitative estimate of drug-likeness (QED) is 0.291. The van der Waals surface area contributed by atoms with Gasteiger partial charge in [-0.15, -0.1) is 0 Å². The molecule has 0 aliphatic heterocycles. The first-order valence-corrected chi connectivity index (χ1v) is 11.7. The Balaban J connectivity index is 1.69. The number of carboxylic acids is 1. The standard InChI is InChI=1S/C28H35NO4/c1-20(30)19-24-12-15-26(22-7-4-3-5-8-22)28(21(24)2)23-10-13-25(14-11-23)33-18-17-29-16-6-9-27(31)32/h3-5,7-8,10-11,13-14,19,26,28-30H,6,9,12,15-18H2,1-2H3,(H,31,32)/b20-19+/t26-,28+/m1/s1. The van der Waals surface area contributed by atoms with Crippen LogP contribution in [-0.4, -0.2) is 35.9 Å². The van der Waals surface area contributed by atoms with Crippen LogP contribution >= 0.6 is 0 Å². The van der Waals surface area contributed by atoms with Crippen LogP contribution in [0.25, 0.3) is 0 Å². The summed E-state index contributed by atoms with van der Waals surface area (Å²) >= 11 is 0. The van der Waals surface area contributed by atoms with E-state index in [-0.39, 0.29) is 12.3 Å². The predicted molar refractivity (Wildman–Crippen MR) is 132 cm³/mol. The molecule has 0 aromatic heterocycles. The summed E-state index contributed by atoms with van der Waals surface area (Å²) in [6.45, 7) is 5.80. The van der Waals surface area contributed by atoms with Crippen LogP contribution in [0.15, 0.2) is 77.6 Å². The predicted octanol–water partition coefficient (Wildman–Crippen LogP) is 5.96. The van der Waals surface area contributed by atoms with E-state index < -0.39 is 5.97 Å². The van der Waals surface area contributed by atoms with Crippen molar-refractivity contribution in [2.45, 2.75) is 51.4 Å². The number of benzene rings is 2. The Morgan fingerprint density at radius 2 is 1.79 bits per heavy atom. The zero-order valence-corrected chi connectivity index (χ0v) is 19.6. The van der Waals surface area contributed by atoms with Crippen LogP contribution in [-0.2, 0) is 4.79 Å². The second-order valence-electron chi connectivity index (χ2n) is 8.69. The average molecular weight is 450 g/mol. The van der Waals surface area contributed by atoms with E-state index in [2.05, 4.69) is 54.7 Å². The first-order valence-electron chi connectivity index (χ1n) is 11.7. The molecular formula is C28H35NO4. The molecule has 2 aromatic carbocycles. The van der Waals surface area contributed by atoms with Gasteiger partial charge in [0.25, 0.3) is 0 Å². The number of rotatable bonds is 11. The maximum Gasteiger partial charge on any atom is 0.303 e. The van der Waals surface area contributed by atoms with Crippen LogP contribution < -0.4 is 10.1 Å². The fraction of sp³-hybridized carbons (Fsp3) is 0.393. The van der Waals surface area contributed by atoms with Crippen molar-refractivity contribution in [1.82, 2.24) is 5.32 Å². The lowest BCUT2D eigenvalue weighted by molar-refractivity contribution is -0.137. The largest absolute Gasteiger partial charge is 0.513 e. The van der Waals surface area contributed by atoms with Gasteiger partial charge in [-0.1, -0.05) is 48.0 Å². The fourth-order valence-electron chi connectivity index (χ4n) is 4.66. The highest BCUT2D eigenvalue weighted by atomic mass is 16.5. The van der Waals surface area contributed by atoms with Crippen molar-refractivity contribution < 1.29 is 19.7 Å². The van der Waals surface area contributed by atoms with Crippen molar-refractivity contribution in [1.29, 1.82) is 0 Å². The molecule has 0 unspecified atom stereocenters. The van der Waals surface area contributed by atoms with Gasteiger partial charge in [-0.25, -0.2) is 0 Å². The Labute approximate surface area is 196 Å². The summed E-state index contributed by atoms with van der Waals surface area (Å²) in [5.41, 5.74) is 5.13. The van der Waals surface area contributed by atoms with Crippen LogP contribution in [0.1, 0.15) is 62.5 Å². The molecule has 1 aliphatic rings. The van der Waals surface area contributed by atoms with E-state index in [1.165, 1.54) is 22.3 Å². The molecule has 0 saturated heterocycles. The van der Waals surface area contributed by atoms with Crippen LogP contribution in [0.2, 0.25) is 0 Å². The molecule has 5 heteroatoms. The molecule has 176 valence electrons. The van der Waals surface area contributed by atoms with Crippen molar-refractivity contribution >= 4 is 5.97 Å². The monoisotopic (exact) mass is 449 g/mol. The summed E-state index contributed by atoms with van der Waals surface area (Å²) in [6, 6.07) is 19.0. The van der Waals surface area contributed by atoms with Gasteiger partial charge in [0.05, 0.1) is 5.76 Å². The molecule has 33 heavy (non-hydrogen) atoms. The third kappa shape index (κ3) is 7.22. The van der Waals surface area contributed by atoms with Crippen molar-refractivity contribution in [3.63, 3.8) is 0 Å². The molecule has 0 radical (unpaired) electrons. The first kappa shape index (κ1) is 24.6. The number of hydrogen-bond acceptors (Lipinski definition) is 4. The van der Waals surface area contributed by atoms with Gasteiger partial charge in [-0.05, 0) is 80.5 Å². The van der Waals surface area contributed by atoms with Crippen molar-refractivity contribution in [2.75, 3.05) is 19.7 Å². The zero-order chi connectivity index (χ0) is 23.6. The topological polar surface area (TPSA) is 78.8 Å². The highest BCUT2D eigenvalue weighted by molar-refractivity contribution is 5.66. The number of aliphatic carboxylic acids is 1. The fourth-order valence-corrected chi connectivity index (χ4v) is 4.66. The molecule has 1 aliphatic carbocycles. The Hall–Kier alpha value is -3.05. The molecule has 3 rings (SSSR count). The normalized spacial score (nSPS) is 18.9. The zero-order valence-electron chi connectivity index (χ0n) is 19.6.